The van der Waals surface area contributed by atoms with Crippen LogP contribution in [0.5, 0.6) is 0 Å². The monoisotopic (exact) mass is 386 g/mol. The van der Waals surface area contributed by atoms with Gasteiger partial charge in [-0.05, 0) is 48.9 Å². The molecule has 6 nitrogen and oxygen atoms in total. The van der Waals surface area contributed by atoms with Crippen LogP contribution in [0.1, 0.15) is 16.1 Å². The SMILES string of the molecule is Cc1ccc(-c2nc3ccc(F)cc3o2)cc1NC(=O)c1cnc2ccccn12. The number of amides is 1. The Labute approximate surface area is 164 Å². The number of nitrogens with zero attached hydrogens (tertiary/aromatic N) is 3. The van der Waals surface area contributed by atoms with E-state index in [1.54, 1.807) is 28.9 Å². The summed E-state index contributed by atoms with van der Waals surface area (Å²) in [6.07, 6.45) is 3.33. The maximum Gasteiger partial charge on any atom is 0.274 e. The fraction of sp³-hybridized carbons (Fsp3) is 0.0455. The van der Waals surface area contributed by atoms with Crippen LogP contribution in [-0.2, 0) is 0 Å². The van der Waals surface area contributed by atoms with E-state index < -0.39 is 0 Å². The van der Waals surface area contributed by atoms with E-state index in [1.165, 1.54) is 12.1 Å². The lowest BCUT2D eigenvalue weighted by Crippen LogP contribution is -2.15. The molecular weight excluding hydrogens is 371 g/mol. The maximum atomic E-state index is 13.4. The molecule has 0 aliphatic rings. The summed E-state index contributed by atoms with van der Waals surface area (Å²) in [4.78, 5) is 21.5. The topological polar surface area (TPSA) is 72.4 Å². The molecule has 1 N–H and O–H groups in total. The van der Waals surface area contributed by atoms with Crippen LogP contribution in [-0.4, -0.2) is 20.3 Å². The van der Waals surface area contributed by atoms with Crippen molar-refractivity contribution in [2.24, 2.45) is 0 Å². The molecular formula is C22H15FN4O2. The van der Waals surface area contributed by atoms with Gasteiger partial charge < -0.3 is 9.73 Å². The molecule has 0 fully saturated rings. The number of halogens is 1. The molecule has 5 rings (SSSR count). The third-order valence-corrected chi connectivity index (χ3v) is 4.73. The number of carbonyl (C=O) groups is 1. The number of rotatable bonds is 3. The zero-order valence-corrected chi connectivity index (χ0v) is 15.4. The number of imidazole rings is 1. The first-order chi connectivity index (χ1) is 14.1. The lowest BCUT2D eigenvalue weighted by molar-refractivity contribution is 0.102. The Morgan fingerprint density at radius 3 is 2.93 bits per heavy atom. The van der Waals surface area contributed by atoms with E-state index >= 15 is 0 Å². The number of carbonyl (C=O) groups excluding carboxylic acids is 1. The number of nitrogens with one attached hydrogen (secondary N) is 1. The first-order valence-corrected chi connectivity index (χ1v) is 8.99. The molecule has 1 amide bonds. The quantitative estimate of drug-likeness (QED) is 0.481. The Kier molecular flexibility index (Phi) is 3.87. The van der Waals surface area contributed by atoms with Gasteiger partial charge in [0.15, 0.2) is 5.58 Å². The van der Waals surface area contributed by atoms with Gasteiger partial charge in [0.25, 0.3) is 5.91 Å². The minimum atomic E-state index is -0.384. The number of hydrogen-bond donors (Lipinski definition) is 1. The summed E-state index contributed by atoms with van der Waals surface area (Å²) in [5.41, 5.74) is 4.27. The highest BCUT2D eigenvalue weighted by atomic mass is 19.1. The van der Waals surface area contributed by atoms with Crippen LogP contribution < -0.4 is 5.32 Å². The van der Waals surface area contributed by atoms with Crippen molar-refractivity contribution in [1.29, 1.82) is 0 Å². The van der Waals surface area contributed by atoms with E-state index in [4.69, 9.17) is 4.42 Å². The molecule has 29 heavy (non-hydrogen) atoms. The summed E-state index contributed by atoms with van der Waals surface area (Å²) in [5, 5.41) is 2.93. The van der Waals surface area contributed by atoms with Crippen LogP contribution in [0.15, 0.2) is 71.4 Å². The second-order valence-corrected chi connectivity index (χ2v) is 6.69. The highest BCUT2D eigenvalue weighted by molar-refractivity contribution is 6.04. The fourth-order valence-corrected chi connectivity index (χ4v) is 3.20. The van der Waals surface area contributed by atoms with Gasteiger partial charge in [-0.2, -0.15) is 0 Å². The number of hydrogen-bond acceptors (Lipinski definition) is 4. The molecule has 0 unspecified atom stereocenters. The molecule has 3 heterocycles. The van der Waals surface area contributed by atoms with E-state index in [1.807, 2.05) is 37.3 Å². The first kappa shape index (κ1) is 17.1. The number of anilines is 1. The number of aryl methyl sites for hydroxylation is 1. The summed E-state index contributed by atoms with van der Waals surface area (Å²) in [7, 11) is 0. The number of aromatic nitrogens is 3. The molecule has 3 aromatic heterocycles. The predicted octanol–water partition coefficient (Wildman–Crippen LogP) is 4.84. The van der Waals surface area contributed by atoms with Crippen LogP contribution in [0.2, 0.25) is 0 Å². The molecule has 7 heteroatoms. The van der Waals surface area contributed by atoms with Crippen molar-refractivity contribution in [3.8, 4) is 11.5 Å². The number of oxazole rings is 1. The number of pyridine rings is 1. The standard InChI is InChI=1S/C22H15FN4O2/c1-13-5-6-14(22-26-16-8-7-15(23)11-19(16)29-22)10-17(13)25-21(28)18-12-24-20-4-2-3-9-27(18)20/h2-12H,1H3,(H,25,28). The average molecular weight is 386 g/mol. The smallest absolute Gasteiger partial charge is 0.274 e. The lowest BCUT2D eigenvalue weighted by Gasteiger charge is -2.09. The van der Waals surface area contributed by atoms with Gasteiger partial charge in [-0.25, -0.2) is 14.4 Å². The van der Waals surface area contributed by atoms with E-state index in [0.29, 0.717) is 39.6 Å². The zero-order chi connectivity index (χ0) is 20.0. The van der Waals surface area contributed by atoms with E-state index in [-0.39, 0.29) is 11.7 Å². The molecule has 0 aliphatic heterocycles. The van der Waals surface area contributed by atoms with Crippen molar-refractivity contribution >= 4 is 28.3 Å². The Bertz CT molecular complexity index is 1390. The average Bonchev–Trinajstić information content (AvgIpc) is 3.33. The molecule has 5 aromatic rings. The van der Waals surface area contributed by atoms with Crippen molar-refractivity contribution in [3.63, 3.8) is 0 Å². The van der Waals surface area contributed by atoms with Crippen LogP contribution in [0, 0.1) is 12.7 Å². The number of benzene rings is 2. The normalized spacial score (nSPS) is 11.2. The third-order valence-electron chi connectivity index (χ3n) is 4.73. The van der Waals surface area contributed by atoms with Crippen LogP contribution in [0.25, 0.3) is 28.2 Å². The Morgan fingerprint density at radius 1 is 1.14 bits per heavy atom. The van der Waals surface area contributed by atoms with Gasteiger partial charge in [0.05, 0.1) is 6.20 Å². The van der Waals surface area contributed by atoms with Crippen molar-refractivity contribution in [1.82, 2.24) is 14.4 Å². The second kappa shape index (κ2) is 6.56. The molecule has 0 radical (unpaired) electrons. The molecule has 0 atom stereocenters. The Morgan fingerprint density at radius 2 is 2.03 bits per heavy atom. The van der Waals surface area contributed by atoms with Crippen molar-refractivity contribution in [2.75, 3.05) is 5.32 Å². The molecule has 0 spiro atoms. The minimum Gasteiger partial charge on any atom is -0.436 e. The Balaban J connectivity index is 1.49. The van der Waals surface area contributed by atoms with E-state index in [2.05, 4.69) is 15.3 Å². The highest BCUT2D eigenvalue weighted by Crippen LogP contribution is 2.28. The molecule has 142 valence electrons. The van der Waals surface area contributed by atoms with Crippen molar-refractivity contribution in [2.45, 2.75) is 6.92 Å². The zero-order valence-electron chi connectivity index (χ0n) is 15.4. The summed E-state index contributed by atoms with van der Waals surface area (Å²) >= 11 is 0. The Hall–Kier alpha value is -4.00. The minimum absolute atomic E-state index is 0.274. The highest BCUT2D eigenvalue weighted by Gasteiger charge is 2.15. The van der Waals surface area contributed by atoms with E-state index in [9.17, 15) is 9.18 Å². The van der Waals surface area contributed by atoms with Gasteiger partial charge in [-0.15, -0.1) is 0 Å². The van der Waals surface area contributed by atoms with Crippen LogP contribution >= 0.6 is 0 Å². The first-order valence-electron chi connectivity index (χ1n) is 8.99. The molecule has 0 bridgehead atoms. The van der Waals surface area contributed by atoms with Crippen LogP contribution in [0.4, 0.5) is 10.1 Å². The predicted molar refractivity (Wildman–Crippen MR) is 107 cm³/mol. The van der Waals surface area contributed by atoms with Gasteiger partial charge in [-0.1, -0.05) is 12.1 Å². The van der Waals surface area contributed by atoms with Crippen molar-refractivity contribution < 1.29 is 13.6 Å². The number of fused-ring (bicyclic) bond motifs is 2. The lowest BCUT2D eigenvalue weighted by atomic mass is 10.1. The molecule has 2 aromatic carbocycles. The maximum absolute atomic E-state index is 13.4. The van der Waals surface area contributed by atoms with Crippen LogP contribution in [0.3, 0.4) is 0 Å². The molecule has 0 saturated carbocycles. The fourth-order valence-electron chi connectivity index (χ4n) is 3.20. The summed E-state index contributed by atoms with van der Waals surface area (Å²) in [5.74, 6) is -0.301. The molecule has 0 saturated heterocycles. The van der Waals surface area contributed by atoms with Gasteiger partial charge in [-0.3, -0.25) is 9.20 Å². The van der Waals surface area contributed by atoms with Gasteiger partial charge >= 0.3 is 0 Å². The van der Waals surface area contributed by atoms with Gasteiger partial charge in [0.2, 0.25) is 5.89 Å². The molecule has 0 aliphatic carbocycles. The summed E-state index contributed by atoms with van der Waals surface area (Å²) < 4.78 is 20.8. The summed E-state index contributed by atoms with van der Waals surface area (Å²) in [6, 6.07) is 15.3. The van der Waals surface area contributed by atoms with Gasteiger partial charge in [0.1, 0.15) is 22.7 Å². The second-order valence-electron chi connectivity index (χ2n) is 6.69. The van der Waals surface area contributed by atoms with Crippen molar-refractivity contribution in [3.05, 3.63) is 84.1 Å². The third kappa shape index (κ3) is 3.02. The van der Waals surface area contributed by atoms with Gasteiger partial charge in [0, 0.05) is 23.5 Å². The largest absolute Gasteiger partial charge is 0.436 e. The van der Waals surface area contributed by atoms with E-state index in [0.717, 1.165) is 5.56 Å². The summed E-state index contributed by atoms with van der Waals surface area (Å²) in [6.45, 7) is 1.90.